The van der Waals surface area contributed by atoms with Gasteiger partial charge in [-0.25, -0.2) is 4.98 Å². The molecule has 2 aromatic rings. The smallest absolute Gasteiger partial charge is 0.230 e. The highest BCUT2D eigenvalue weighted by Gasteiger charge is 2.11. The fraction of sp³-hybridized carbons (Fsp3) is 0.375. The van der Waals surface area contributed by atoms with Crippen molar-refractivity contribution >= 4 is 29.3 Å². The van der Waals surface area contributed by atoms with E-state index in [0.29, 0.717) is 5.75 Å². The molecule has 22 heavy (non-hydrogen) atoms. The molecule has 0 spiro atoms. The Morgan fingerprint density at radius 3 is 2.95 bits per heavy atom. The summed E-state index contributed by atoms with van der Waals surface area (Å²) in [6, 6.07) is 7.85. The van der Waals surface area contributed by atoms with Crippen LogP contribution in [0.1, 0.15) is 18.9 Å². The lowest BCUT2D eigenvalue weighted by Crippen LogP contribution is -2.38. The summed E-state index contributed by atoms with van der Waals surface area (Å²) >= 11 is 7.68. The van der Waals surface area contributed by atoms with E-state index in [9.17, 15) is 4.79 Å². The minimum absolute atomic E-state index is 0.0593. The Balaban J connectivity index is 1.73. The van der Waals surface area contributed by atoms with Crippen LogP contribution in [0.3, 0.4) is 0 Å². The summed E-state index contributed by atoms with van der Waals surface area (Å²) in [6.45, 7) is 2.82. The Labute approximate surface area is 140 Å². The molecule has 0 saturated heterocycles. The van der Waals surface area contributed by atoms with Gasteiger partial charge in [0.1, 0.15) is 0 Å². The zero-order valence-corrected chi connectivity index (χ0v) is 14.1. The third-order valence-electron chi connectivity index (χ3n) is 3.30. The maximum Gasteiger partial charge on any atom is 0.230 e. The second kappa shape index (κ2) is 8.86. The van der Waals surface area contributed by atoms with Crippen molar-refractivity contribution in [3.8, 4) is 0 Å². The lowest BCUT2D eigenvalue weighted by atomic mass is 10.2. The van der Waals surface area contributed by atoms with Gasteiger partial charge in [0, 0.05) is 35.8 Å². The Morgan fingerprint density at radius 1 is 1.45 bits per heavy atom. The van der Waals surface area contributed by atoms with Crippen molar-refractivity contribution in [2.75, 3.05) is 5.75 Å². The van der Waals surface area contributed by atoms with Gasteiger partial charge < -0.3 is 9.88 Å². The number of nitrogens with zero attached hydrogens (tertiary/aromatic N) is 2. The minimum atomic E-state index is 0.0593. The molecular weight excluding hydrogens is 318 g/mol. The summed E-state index contributed by atoms with van der Waals surface area (Å²) in [6.07, 6.45) is 6.30. The number of hydrogen-bond donors (Lipinski definition) is 1. The number of thioether (sulfide) groups is 1. The molecule has 6 heteroatoms. The van der Waals surface area contributed by atoms with Crippen LogP contribution in [0.4, 0.5) is 0 Å². The maximum absolute atomic E-state index is 12.0. The first-order chi connectivity index (χ1) is 10.7. The Hall–Kier alpha value is -1.46. The fourth-order valence-corrected chi connectivity index (χ4v) is 3.19. The molecule has 0 fully saturated rings. The van der Waals surface area contributed by atoms with E-state index in [0.717, 1.165) is 29.3 Å². The molecule has 0 aliphatic carbocycles. The Morgan fingerprint density at radius 2 is 2.27 bits per heavy atom. The van der Waals surface area contributed by atoms with Gasteiger partial charge in [0.15, 0.2) is 0 Å². The molecule has 1 N–H and O–H groups in total. The van der Waals surface area contributed by atoms with E-state index in [1.807, 2.05) is 35.0 Å². The van der Waals surface area contributed by atoms with Crippen LogP contribution < -0.4 is 5.32 Å². The van der Waals surface area contributed by atoms with E-state index in [-0.39, 0.29) is 11.9 Å². The van der Waals surface area contributed by atoms with Crippen LogP contribution in [0.2, 0.25) is 5.02 Å². The van der Waals surface area contributed by atoms with Crippen LogP contribution in [-0.2, 0) is 17.1 Å². The first-order valence-corrected chi connectivity index (χ1v) is 8.78. The molecule has 1 aromatic carbocycles. The van der Waals surface area contributed by atoms with E-state index < -0.39 is 0 Å². The average molecular weight is 338 g/mol. The van der Waals surface area contributed by atoms with Crippen molar-refractivity contribution < 1.29 is 4.79 Å². The van der Waals surface area contributed by atoms with Crippen molar-refractivity contribution in [3.63, 3.8) is 0 Å². The number of nitrogens with one attached hydrogen (secondary N) is 1. The zero-order valence-electron chi connectivity index (χ0n) is 12.5. The molecule has 1 heterocycles. The van der Waals surface area contributed by atoms with Crippen molar-refractivity contribution in [2.24, 2.45) is 0 Å². The second-order valence-electron chi connectivity index (χ2n) is 5.02. The van der Waals surface area contributed by atoms with Crippen LogP contribution >= 0.6 is 23.4 Å². The molecule has 0 saturated carbocycles. The van der Waals surface area contributed by atoms with Gasteiger partial charge in [-0.3, -0.25) is 4.79 Å². The van der Waals surface area contributed by atoms with Crippen molar-refractivity contribution in [1.82, 2.24) is 14.9 Å². The standard InChI is InChI=1S/C16H20ClN3OS/c1-2-14(9-20-8-7-18-12-20)19-16(21)11-22-10-13-5-3-4-6-15(13)17/h3-8,12,14H,2,9-11H2,1H3,(H,19,21). The predicted molar refractivity (Wildman–Crippen MR) is 92.1 cm³/mol. The van der Waals surface area contributed by atoms with Gasteiger partial charge >= 0.3 is 0 Å². The second-order valence-corrected chi connectivity index (χ2v) is 6.41. The van der Waals surface area contributed by atoms with Crippen molar-refractivity contribution in [2.45, 2.75) is 31.7 Å². The molecule has 1 atom stereocenters. The van der Waals surface area contributed by atoms with Gasteiger partial charge in [-0.2, -0.15) is 0 Å². The first kappa shape index (κ1) is 16.9. The van der Waals surface area contributed by atoms with Gasteiger partial charge in [0.25, 0.3) is 0 Å². The van der Waals surface area contributed by atoms with E-state index in [2.05, 4.69) is 17.2 Å². The molecule has 1 unspecified atom stereocenters. The molecule has 1 aromatic heterocycles. The lowest BCUT2D eigenvalue weighted by Gasteiger charge is -2.17. The van der Waals surface area contributed by atoms with Gasteiger partial charge in [0.05, 0.1) is 12.1 Å². The topological polar surface area (TPSA) is 46.9 Å². The molecule has 1 amide bonds. The number of carbonyl (C=O) groups is 1. The number of hydrogen-bond acceptors (Lipinski definition) is 3. The normalized spacial score (nSPS) is 12.1. The highest BCUT2D eigenvalue weighted by atomic mass is 35.5. The monoisotopic (exact) mass is 337 g/mol. The largest absolute Gasteiger partial charge is 0.351 e. The molecule has 0 aliphatic rings. The summed E-state index contributed by atoms with van der Waals surface area (Å²) < 4.78 is 1.98. The van der Waals surface area contributed by atoms with Gasteiger partial charge in [-0.15, -0.1) is 11.8 Å². The summed E-state index contributed by atoms with van der Waals surface area (Å²) in [4.78, 5) is 16.0. The Kier molecular flexibility index (Phi) is 6.80. The quantitative estimate of drug-likeness (QED) is 0.803. The molecule has 0 aliphatic heterocycles. The van der Waals surface area contributed by atoms with Crippen LogP contribution in [0.5, 0.6) is 0 Å². The van der Waals surface area contributed by atoms with Gasteiger partial charge in [-0.1, -0.05) is 36.7 Å². The Bertz CT molecular complexity index is 589. The SMILES string of the molecule is CCC(Cn1ccnc1)NC(=O)CSCc1ccccc1Cl. The predicted octanol–water partition coefficient (Wildman–Crippen LogP) is 3.36. The van der Waals surface area contributed by atoms with E-state index in [4.69, 9.17) is 11.6 Å². The fourth-order valence-electron chi connectivity index (χ4n) is 2.06. The lowest BCUT2D eigenvalue weighted by molar-refractivity contribution is -0.119. The first-order valence-electron chi connectivity index (χ1n) is 7.25. The number of carbonyl (C=O) groups excluding carboxylic acids is 1. The van der Waals surface area contributed by atoms with E-state index >= 15 is 0 Å². The van der Waals surface area contributed by atoms with Crippen molar-refractivity contribution in [3.05, 3.63) is 53.6 Å². The maximum atomic E-state index is 12.0. The van der Waals surface area contributed by atoms with Crippen LogP contribution in [0, 0.1) is 0 Å². The number of benzene rings is 1. The average Bonchev–Trinajstić information content (AvgIpc) is 3.01. The summed E-state index contributed by atoms with van der Waals surface area (Å²) in [5.41, 5.74) is 1.06. The number of amides is 1. The third kappa shape index (κ3) is 5.39. The number of aromatic nitrogens is 2. The van der Waals surface area contributed by atoms with Crippen LogP contribution in [0.25, 0.3) is 0 Å². The minimum Gasteiger partial charge on any atom is -0.351 e. The molecular formula is C16H20ClN3OS. The molecule has 0 radical (unpaired) electrons. The number of rotatable bonds is 8. The molecule has 4 nitrogen and oxygen atoms in total. The summed E-state index contributed by atoms with van der Waals surface area (Å²) in [5.74, 6) is 1.24. The number of halogens is 1. The van der Waals surface area contributed by atoms with Gasteiger partial charge in [0.2, 0.25) is 5.91 Å². The van der Waals surface area contributed by atoms with Gasteiger partial charge in [-0.05, 0) is 18.1 Å². The molecule has 0 bridgehead atoms. The summed E-state index contributed by atoms with van der Waals surface area (Å²) in [5, 5.41) is 3.82. The van der Waals surface area contributed by atoms with E-state index in [1.54, 1.807) is 24.3 Å². The zero-order chi connectivity index (χ0) is 15.8. The van der Waals surface area contributed by atoms with Crippen LogP contribution in [-0.4, -0.2) is 27.3 Å². The highest BCUT2D eigenvalue weighted by molar-refractivity contribution is 7.99. The number of imidazole rings is 1. The molecule has 2 rings (SSSR count). The third-order valence-corrected chi connectivity index (χ3v) is 4.65. The van der Waals surface area contributed by atoms with E-state index in [1.165, 1.54) is 0 Å². The highest BCUT2D eigenvalue weighted by Crippen LogP contribution is 2.20. The van der Waals surface area contributed by atoms with Crippen LogP contribution in [0.15, 0.2) is 43.0 Å². The van der Waals surface area contributed by atoms with Crippen molar-refractivity contribution in [1.29, 1.82) is 0 Å². The molecule has 118 valence electrons. The summed E-state index contributed by atoms with van der Waals surface area (Å²) in [7, 11) is 0.